The first kappa shape index (κ1) is 13.6. The average Bonchev–Trinajstić information content (AvgIpc) is 2.62. The molecule has 20 heavy (non-hydrogen) atoms. The second-order valence-electron chi connectivity index (χ2n) is 6.09. The highest BCUT2D eigenvalue weighted by molar-refractivity contribution is 5.94. The molecule has 108 valence electrons. The van der Waals surface area contributed by atoms with Crippen LogP contribution in [0.4, 0.5) is 5.69 Å². The van der Waals surface area contributed by atoms with E-state index in [1.54, 1.807) is 0 Å². The molecule has 1 amide bonds. The first-order valence-electron chi connectivity index (χ1n) is 7.86. The molecule has 0 radical (unpaired) electrons. The number of anilines is 1. The predicted molar refractivity (Wildman–Crippen MR) is 81.8 cm³/mol. The predicted octanol–water partition coefficient (Wildman–Crippen LogP) is 3.26. The van der Waals surface area contributed by atoms with Gasteiger partial charge in [-0.3, -0.25) is 4.79 Å². The molecular formula is C17H24N2O. The molecule has 1 aromatic rings. The molecule has 1 atom stereocenters. The number of nitrogens with one attached hydrogen (secondary N) is 1. The van der Waals surface area contributed by atoms with Gasteiger partial charge in [0.1, 0.15) is 0 Å². The lowest BCUT2D eigenvalue weighted by molar-refractivity contribution is -0.120. The molecule has 0 saturated heterocycles. The van der Waals surface area contributed by atoms with Gasteiger partial charge in [0.15, 0.2) is 0 Å². The molecule has 1 heterocycles. The van der Waals surface area contributed by atoms with Crippen LogP contribution in [0, 0.1) is 5.92 Å². The van der Waals surface area contributed by atoms with Gasteiger partial charge in [-0.05, 0) is 50.3 Å². The second-order valence-corrected chi connectivity index (χ2v) is 6.09. The van der Waals surface area contributed by atoms with Crippen molar-refractivity contribution in [3.63, 3.8) is 0 Å². The van der Waals surface area contributed by atoms with Crippen LogP contribution in [0.3, 0.4) is 0 Å². The summed E-state index contributed by atoms with van der Waals surface area (Å²) < 4.78 is 0. The van der Waals surface area contributed by atoms with Gasteiger partial charge in [-0.25, -0.2) is 0 Å². The number of benzene rings is 1. The van der Waals surface area contributed by atoms with E-state index in [1.807, 2.05) is 18.0 Å². The summed E-state index contributed by atoms with van der Waals surface area (Å²) in [7, 11) is 2.01. The Morgan fingerprint density at radius 3 is 2.75 bits per heavy atom. The largest absolute Gasteiger partial charge is 0.313 e. The van der Waals surface area contributed by atoms with Gasteiger partial charge in [-0.15, -0.1) is 0 Å². The van der Waals surface area contributed by atoms with Crippen molar-refractivity contribution >= 4 is 11.6 Å². The first-order chi connectivity index (χ1) is 9.79. The molecule has 3 heteroatoms. The average molecular weight is 272 g/mol. The van der Waals surface area contributed by atoms with Gasteiger partial charge in [0.2, 0.25) is 5.91 Å². The normalized spacial score (nSPS) is 22.9. The molecule has 1 aliphatic heterocycles. The summed E-state index contributed by atoms with van der Waals surface area (Å²) in [4.78, 5) is 14.7. The Balaban J connectivity index is 1.84. The lowest BCUT2D eigenvalue weighted by Crippen LogP contribution is -2.34. The summed E-state index contributed by atoms with van der Waals surface area (Å²) in [6.07, 6.45) is 6.67. The van der Waals surface area contributed by atoms with Crippen molar-refractivity contribution in [3.05, 3.63) is 29.8 Å². The topological polar surface area (TPSA) is 32.3 Å². The van der Waals surface area contributed by atoms with Crippen molar-refractivity contribution in [3.8, 4) is 0 Å². The fraction of sp³-hybridized carbons (Fsp3) is 0.588. The third-order valence-corrected chi connectivity index (χ3v) is 4.82. The molecular weight excluding hydrogens is 248 g/mol. The number of rotatable bonds is 3. The summed E-state index contributed by atoms with van der Waals surface area (Å²) >= 11 is 0. The Morgan fingerprint density at radius 2 is 2.05 bits per heavy atom. The maximum Gasteiger partial charge on any atom is 0.227 e. The maximum absolute atomic E-state index is 12.6. The Kier molecular flexibility index (Phi) is 4.06. The second kappa shape index (κ2) is 5.96. The molecule has 2 aliphatic rings. The van der Waals surface area contributed by atoms with Crippen LogP contribution in [0.25, 0.3) is 0 Å². The molecule has 0 spiro atoms. The van der Waals surface area contributed by atoms with Crippen LogP contribution in [-0.4, -0.2) is 19.5 Å². The van der Waals surface area contributed by atoms with E-state index in [0.29, 0.717) is 17.9 Å². The lowest BCUT2D eigenvalue weighted by atomic mass is 9.82. The third-order valence-electron chi connectivity index (χ3n) is 4.82. The van der Waals surface area contributed by atoms with Gasteiger partial charge in [0, 0.05) is 24.7 Å². The highest BCUT2D eigenvalue weighted by Crippen LogP contribution is 2.35. The van der Waals surface area contributed by atoms with Crippen LogP contribution in [-0.2, 0) is 4.79 Å². The molecule has 0 bridgehead atoms. The number of nitrogens with zero attached hydrogens (tertiary/aromatic N) is 1. The lowest BCUT2D eigenvalue weighted by Gasteiger charge is -2.29. The minimum atomic E-state index is 0.318. The summed E-state index contributed by atoms with van der Waals surface area (Å²) in [6, 6.07) is 8.74. The summed E-state index contributed by atoms with van der Waals surface area (Å²) in [5, 5.41) is 3.38. The number of fused-ring (bicyclic) bond motifs is 1. The van der Waals surface area contributed by atoms with Gasteiger partial charge in [0.25, 0.3) is 0 Å². The summed E-state index contributed by atoms with van der Waals surface area (Å²) in [6.45, 7) is 0.862. The first-order valence-corrected chi connectivity index (χ1v) is 7.86. The minimum absolute atomic E-state index is 0.318. The van der Waals surface area contributed by atoms with Crippen LogP contribution in [0.1, 0.15) is 50.1 Å². The number of carbonyl (C=O) groups excluding carboxylic acids is 1. The van der Waals surface area contributed by atoms with E-state index in [0.717, 1.165) is 31.5 Å². The van der Waals surface area contributed by atoms with Crippen LogP contribution in [0.5, 0.6) is 0 Å². The molecule has 1 aromatic carbocycles. The number of carbonyl (C=O) groups is 1. The molecule has 3 rings (SSSR count). The van der Waals surface area contributed by atoms with Crippen molar-refractivity contribution in [1.82, 2.24) is 5.32 Å². The number of amides is 1. The Hall–Kier alpha value is -1.35. The van der Waals surface area contributed by atoms with Crippen LogP contribution < -0.4 is 10.2 Å². The molecule has 1 N–H and O–H groups in total. The van der Waals surface area contributed by atoms with E-state index < -0.39 is 0 Å². The van der Waals surface area contributed by atoms with Crippen LogP contribution in [0.15, 0.2) is 24.3 Å². The zero-order valence-corrected chi connectivity index (χ0v) is 12.3. The van der Waals surface area contributed by atoms with Crippen molar-refractivity contribution in [2.24, 2.45) is 5.92 Å². The fourth-order valence-corrected chi connectivity index (χ4v) is 3.37. The van der Waals surface area contributed by atoms with Crippen molar-refractivity contribution < 1.29 is 4.79 Å². The maximum atomic E-state index is 12.6. The molecule has 1 unspecified atom stereocenters. The Labute approximate surface area is 121 Å². The van der Waals surface area contributed by atoms with Crippen molar-refractivity contribution in [1.29, 1.82) is 0 Å². The molecule has 0 aromatic heterocycles. The smallest absolute Gasteiger partial charge is 0.227 e. The van der Waals surface area contributed by atoms with Gasteiger partial charge in [0.05, 0.1) is 0 Å². The number of hydrogen-bond donors (Lipinski definition) is 1. The van der Waals surface area contributed by atoms with Crippen molar-refractivity contribution in [2.45, 2.75) is 44.6 Å². The highest BCUT2D eigenvalue weighted by Gasteiger charge is 2.28. The van der Waals surface area contributed by atoms with E-state index in [4.69, 9.17) is 0 Å². The third kappa shape index (κ3) is 2.59. The van der Waals surface area contributed by atoms with E-state index >= 15 is 0 Å². The standard InChI is InChI=1S/C17H24N2O/c1-18-15-9-5-11-19(16-10-3-2-8-14(15)16)17(20)12-13-6-4-7-13/h2-3,8,10,13,15,18H,4-7,9,11-12H2,1H3. The van der Waals surface area contributed by atoms with Crippen LogP contribution >= 0.6 is 0 Å². The van der Waals surface area contributed by atoms with Gasteiger partial charge in [-0.2, -0.15) is 0 Å². The summed E-state index contributed by atoms with van der Waals surface area (Å²) in [5.41, 5.74) is 2.39. The zero-order chi connectivity index (χ0) is 13.9. The van der Waals surface area contributed by atoms with Gasteiger partial charge < -0.3 is 10.2 Å². The highest BCUT2D eigenvalue weighted by atomic mass is 16.2. The molecule has 1 saturated carbocycles. The monoisotopic (exact) mass is 272 g/mol. The number of hydrogen-bond acceptors (Lipinski definition) is 2. The van der Waals surface area contributed by atoms with E-state index in [9.17, 15) is 4.79 Å². The Bertz CT molecular complexity index is 482. The van der Waals surface area contributed by atoms with Crippen molar-refractivity contribution in [2.75, 3.05) is 18.5 Å². The fourth-order valence-electron chi connectivity index (χ4n) is 3.37. The van der Waals surface area contributed by atoms with E-state index in [-0.39, 0.29) is 0 Å². The summed E-state index contributed by atoms with van der Waals surface area (Å²) in [5.74, 6) is 0.955. The minimum Gasteiger partial charge on any atom is -0.313 e. The van der Waals surface area contributed by atoms with E-state index in [1.165, 1.54) is 24.8 Å². The zero-order valence-electron chi connectivity index (χ0n) is 12.3. The molecule has 1 fully saturated rings. The number of para-hydroxylation sites is 1. The SMILES string of the molecule is CNC1CCCN(C(=O)CC2CCC2)c2ccccc21. The quantitative estimate of drug-likeness (QED) is 0.916. The Morgan fingerprint density at radius 1 is 1.25 bits per heavy atom. The van der Waals surface area contributed by atoms with Gasteiger partial charge >= 0.3 is 0 Å². The van der Waals surface area contributed by atoms with Gasteiger partial charge in [-0.1, -0.05) is 24.6 Å². The molecule has 1 aliphatic carbocycles. The molecule has 3 nitrogen and oxygen atoms in total. The van der Waals surface area contributed by atoms with E-state index in [2.05, 4.69) is 23.5 Å². The van der Waals surface area contributed by atoms with Crippen LogP contribution in [0.2, 0.25) is 0 Å².